The van der Waals surface area contributed by atoms with E-state index in [0.29, 0.717) is 12.0 Å². The third-order valence-corrected chi connectivity index (χ3v) is 3.50. The summed E-state index contributed by atoms with van der Waals surface area (Å²) < 4.78 is 0. The van der Waals surface area contributed by atoms with Crippen LogP contribution in [-0.2, 0) is 0 Å². The number of hydrogen-bond acceptors (Lipinski definition) is 3. The standard InChI is InChI=1S/C11H23NO2/c1-2-11(5-3-4-6-11)9-12-7-10(14)8-13/h10,12-14H,2-9H2,1H3. The first-order chi connectivity index (χ1) is 6.72. The van der Waals surface area contributed by atoms with E-state index in [-0.39, 0.29) is 6.61 Å². The average molecular weight is 201 g/mol. The molecular weight excluding hydrogens is 178 g/mol. The van der Waals surface area contributed by atoms with Crippen molar-refractivity contribution in [2.45, 2.75) is 45.1 Å². The fraction of sp³-hybridized carbons (Fsp3) is 1.00. The topological polar surface area (TPSA) is 52.5 Å². The summed E-state index contributed by atoms with van der Waals surface area (Å²) in [5.74, 6) is 0. The zero-order valence-electron chi connectivity index (χ0n) is 9.13. The molecule has 3 N–H and O–H groups in total. The summed E-state index contributed by atoms with van der Waals surface area (Å²) >= 11 is 0. The second kappa shape index (κ2) is 5.69. The van der Waals surface area contributed by atoms with Crippen LogP contribution >= 0.6 is 0 Å². The lowest BCUT2D eigenvalue weighted by atomic mass is 9.83. The number of hydrogen-bond donors (Lipinski definition) is 3. The number of aliphatic hydroxyl groups excluding tert-OH is 2. The maximum atomic E-state index is 9.18. The zero-order chi connectivity index (χ0) is 10.4. The normalized spacial score (nSPS) is 22.5. The first kappa shape index (κ1) is 12.0. The van der Waals surface area contributed by atoms with Gasteiger partial charge in [-0.25, -0.2) is 0 Å². The van der Waals surface area contributed by atoms with Gasteiger partial charge >= 0.3 is 0 Å². The van der Waals surface area contributed by atoms with E-state index in [1.165, 1.54) is 32.1 Å². The van der Waals surface area contributed by atoms with Crippen LogP contribution in [0.4, 0.5) is 0 Å². The van der Waals surface area contributed by atoms with Gasteiger partial charge in [-0.1, -0.05) is 19.8 Å². The van der Waals surface area contributed by atoms with Crippen molar-refractivity contribution in [2.24, 2.45) is 5.41 Å². The number of aliphatic hydroxyl groups is 2. The van der Waals surface area contributed by atoms with E-state index in [9.17, 15) is 5.11 Å². The van der Waals surface area contributed by atoms with E-state index < -0.39 is 6.10 Å². The minimum absolute atomic E-state index is 0.147. The van der Waals surface area contributed by atoms with Crippen molar-refractivity contribution in [1.29, 1.82) is 0 Å². The van der Waals surface area contributed by atoms with Crippen LogP contribution in [0.1, 0.15) is 39.0 Å². The van der Waals surface area contributed by atoms with Gasteiger partial charge in [0.1, 0.15) is 0 Å². The molecule has 0 aliphatic heterocycles. The molecule has 1 fully saturated rings. The maximum absolute atomic E-state index is 9.18. The van der Waals surface area contributed by atoms with Gasteiger partial charge in [0.05, 0.1) is 12.7 Å². The highest BCUT2D eigenvalue weighted by atomic mass is 16.3. The summed E-state index contributed by atoms with van der Waals surface area (Å²) in [5.41, 5.74) is 0.467. The van der Waals surface area contributed by atoms with E-state index in [2.05, 4.69) is 12.2 Å². The van der Waals surface area contributed by atoms with Crippen LogP contribution in [0.15, 0.2) is 0 Å². The first-order valence-corrected chi connectivity index (χ1v) is 5.72. The van der Waals surface area contributed by atoms with Crippen molar-refractivity contribution in [3.8, 4) is 0 Å². The van der Waals surface area contributed by atoms with Crippen LogP contribution in [0.25, 0.3) is 0 Å². The highest BCUT2D eigenvalue weighted by molar-refractivity contribution is 4.85. The van der Waals surface area contributed by atoms with Gasteiger partial charge in [-0.15, -0.1) is 0 Å². The molecule has 0 heterocycles. The second-order valence-electron chi connectivity index (χ2n) is 4.53. The van der Waals surface area contributed by atoms with Crippen LogP contribution in [0.3, 0.4) is 0 Å². The van der Waals surface area contributed by atoms with Crippen LogP contribution < -0.4 is 5.32 Å². The van der Waals surface area contributed by atoms with Crippen LogP contribution in [0.5, 0.6) is 0 Å². The molecule has 3 nitrogen and oxygen atoms in total. The molecule has 1 atom stereocenters. The smallest absolute Gasteiger partial charge is 0.0894 e. The summed E-state index contributed by atoms with van der Waals surface area (Å²) in [5, 5.41) is 21.1. The van der Waals surface area contributed by atoms with E-state index in [0.717, 1.165) is 6.54 Å². The third kappa shape index (κ3) is 3.23. The molecule has 0 spiro atoms. The monoisotopic (exact) mass is 201 g/mol. The molecule has 1 unspecified atom stereocenters. The molecule has 1 aliphatic rings. The minimum atomic E-state index is -0.606. The van der Waals surface area contributed by atoms with Crippen molar-refractivity contribution in [2.75, 3.05) is 19.7 Å². The Balaban J connectivity index is 2.21. The Kier molecular flexibility index (Phi) is 4.85. The predicted molar refractivity (Wildman–Crippen MR) is 57.2 cm³/mol. The third-order valence-electron chi connectivity index (χ3n) is 3.50. The molecular formula is C11H23NO2. The van der Waals surface area contributed by atoms with E-state index in [4.69, 9.17) is 5.11 Å². The zero-order valence-corrected chi connectivity index (χ0v) is 9.13. The van der Waals surface area contributed by atoms with Crippen molar-refractivity contribution in [3.05, 3.63) is 0 Å². The lowest BCUT2D eigenvalue weighted by Gasteiger charge is -2.28. The quantitative estimate of drug-likeness (QED) is 0.598. The van der Waals surface area contributed by atoms with E-state index in [1.807, 2.05) is 0 Å². The van der Waals surface area contributed by atoms with Crippen molar-refractivity contribution in [3.63, 3.8) is 0 Å². The van der Waals surface area contributed by atoms with Gasteiger partial charge in [0.2, 0.25) is 0 Å². The predicted octanol–water partition coefficient (Wildman–Crippen LogP) is 0.900. The highest BCUT2D eigenvalue weighted by Gasteiger charge is 2.31. The summed E-state index contributed by atoms with van der Waals surface area (Å²) in [6, 6.07) is 0. The van der Waals surface area contributed by atoms with Crippen LogP contribution in [-0.4, -0.2) is 36.0 Å². The Labute approximate surface area is 86.5 Å². The molecule has 0 bridgehead atoms. The number of rotatable bonds is 6. The molecule has 0 aromatic carbocycles. The molecule has 1 aliphatic carbocycles. The number of nitrogens with one attached hydrogen (secondary N) is 1. The van der Waals surface area contributed by atoms with Crippen molar-refractivity contribution >= 4 is 0 Å². The van der Waals surface area contributed by atoms with Crippen LogP contribution in [0, 0.1) is 5.41 Å². The lowest BCUT2D eigenvalue weighted by Crippen LogP contribution is -2.37. The Morgan fingerprint density at radius 3 is 2.50 bits per heavy atom. The van der Waals surface area contributed by atoms with Gasteiger partial charge in [0.15, 0.2) is 0 Å². The largest absolute Gasteiger partial charge is 0.394 e. The molecule has 0 aromatic rings. The Morgan fingerprint density at radius 1 is 1.36 bits per heavy atom. The molecule has 0 amide bonds. The molecule has 0 saturated heterocycles. The highest BCUT2D eigenvalue weighted by Crippen LogP contribution is 2.40. The Hall–Kier alpha value is -0.120. The Morgan fingerprint density at radius 2 is 2.00 bits per heavy atom. The van der Waals surface area contributed by atoms with Gasteiger partial charge in [0, 0.05) is 13.1 Å². The van der Waals surface area contributed by atoms with Crippen LogP contribution in [0.2, 0.25) is 0 Å². The van der Waals surface area contributed by atoms with Crippen molar-refractivity contribution in [1.82, 2.24) is 5.32 Å². The molecule has 84 valence electrons. The first-order valence-electron chi connectivity index (χ1n) is 5.72. The van der Waals surface area contributed by atoms with Crippen molar-refractivity contribution < 1.29 is 10.2 Å². The van der Waals surface area contributed by atoms with Gasteiger partial charge in [-0.3, -0.25) is 0 Å². The minimum Gasteiger partial charge on any atom is -0.394 e. The molecule has 0 radical (unpaired) electrons. The van der Waals surface area contributed by atoms with Gasteiger partial charge in [0.25, 0.3) is 0 Å². The van der Waals surface area contributed by atoms with Gasteiger partial charge in [-0.2, -0.15) is 0 Å². The molecule has 14 heavy (non-hydrogen) atoms. The van der Waals surface area contributed by atoms with E-state index in [1.54, 1.807) is 0 Å². The molecule has 0 aromatic heterocycles. The van der Waals surface area contributed by atoms with E-state index >= 15 is 0 Å². The van der Waals surface area contributed by atoms with Gasteiger partial charge in [-0.05, 0) is 24.7 Å². The SMILES string of the molecule is CCC1(CNCC(O)CO)CCCC1. The molecule has 1 saturated carbocycles. The van der Waals surface area contributed by atoms with Gasteiger partial charge < -0.3 is 15.5 Å². The summed E-state index contributed by atoms with van der Waals surface area (Å²) in [7, 11) is 0. The fourth-order valence-corrected chi connectivity index (χ4v) is 2.35. The summed E-state index contributed by atoms with van der Waals surface area (Å²) in [4.78, 5) is 0. The fourth-order valence-electron chi connectivity index (χ4n) is 2.35. The summed E-state index contributed by atoms with van der Waals surface area (Å²) in [6.07, 6.45) is 5.92. The molecule has 1 rings (SSSR count). The lowest BCUT2D eigenvalue weighted by molar-refractivity contribution is 0.0907. The summed E-state index contributed by atoms with van der Waals surface area (Å²) in [6.45, 7) is 3.60. The Bertz CT molecular complexity index is 155. The molecule has 3 heteroatoms. The second-order valence-corrected chi connectivity index (χ2v) is 4.53. The maximum Gasteiger partial charge on any atom is 0.0894 e. The average Bonchev–Trinajstić information content (AvgIpc) is 2.67.